The van der Waals surface area contributed by atoms with E-state index in [1.54, 1.807) is 6.92 Å². The van der Waals surface area contributed by atoms with Gasteiger partial charge in [-0.25, -0.2) is 0 Å². The smallest absolute Gasteiger partial charge is 0.319 e. The van der Waals surface area contributed by atoms with E-state index in [-0.39, 0.29) is 19.3 Å². The third-order valence-electron chi connectivity index (χ3n) is 12.8. The zero-order valence-electron chi connectivity index (χ0n) is 28.0. The molecule has 0 saturated heterocycles. The molecule has 3 unspecified atom stereocenters. The molecule has 4 rings (SSSR count). The number of hydrogen-bond donors (Lipinski definition) is 0. The molecule has 42 heavy (non-hydrogen) atoms. The van der Waals surface area contributed by atoms with Gasteiger partial charge in [0.05, 0.1) is 0 Å². The Hall–Kier alpha value is -1.59. The first-order valence-corrected chi connectivity index (χ1v) is 17.2. The van der Waals surface area contributed by atoms with Crippen molar-refractivity contribution >= 4 is 17.9 Å². The number of carbonyl (C=O) groups excluding carboxylic acids is 3. The molecule has 0 aromatic rings. The van der Waals surface area contributed by atoms with Crippen LogP contribution in [0.2, 0.25) is 0 Å². The Bertz CT molecular complexity index is 956. The van der Waals surface area contributed by atoms with Gasteiger partial charge in [0.25, 0.3) is 0 Å². The molecule has 6 nitrogen and oxygen atoms in total. The van der Waals surface area contributed by atoms with Gasteiger partial charge in [-0.1, -0.05) is 53.9 Å². The Morgan fingerprint density at radius 3 is 2.05 bits per heavy atom. The summed E-state index contributed by atoms with van der Waals surface area (Å²) in [6, 6.07) is 0. The van der Waals surface area contributed by atoms with Crippen LogP contribution in [0.15, 0.2) is 0 Å². The summed E-state index contributed by atoms with van der Waals surface area (Å²) in [6.45, 7) is 16.4. The van der Waals surface area contributed by atoms with Crippen LogP contribution in [-0.4, -0.2) is 37.2 Å². The molecule has 0 aromatic carbocycles. The molecular weight excluding hydrogens is 528 g/mol. The van der Waals surface area contributed by atoms with Crippen molar-refractivity contribution in [3.05, 3.63) is 0 Å². The summed E-state index contributed by atoms with van der Waals surface area (Å²) in [5.41, 5.74) is -0.399. The Balaban J connectivity index is 1.38. The van der Waals surface area contributed by atoms with Gasteiger partial charge in [0, 0.05) is 13.8 Å². The van der Waals surface area contributed by atoms with Crippen LogP contribution in [0.5, 0.6) is 0 Å². The second kappa shape index (κ2) is 13.2. The van der Waals surface area contributed by atoms with Gasteiger partial charge < -0.3 is 14.2 Å². The molecule has 4 aliphatic rings. The highest BCUT2D eigenvalue weighted by atomic mass is 16.6. The van der Waals surface area contributed by atoms with Crippen molar-refractivity contribution in [1.29, 1.82) is 0 Å². The van der Waals surface area contributed by atoms with Crippen LogP contribution in [-0.2, 0) is 28.6 Å². The standard InChI is InChI=1S/C36H60O6/c1-23(2)10-9-11-24(3)30-14-15-31-29-13-12-27-20-28(16-18-35(27,7)32(29)17-19-36(30,31)8)42-33(39)34(6,21-40-25(4)37)22-41-26(5)38/h23-24,27-32H,9-22H2,1-8H3/t24-,27-,28-,29?,30-,31?,32?,35+,36-/m1/s1. The molecule has 4 saturated carbocycles. The number of fused-ring (bicyclic) bond motifs is 5. The fraction of sp³-hybridized carbons (Fsp3) is 0.917. The van der Waals surface area contributed by atoms with Gasteiger partial charge in [-0.3, -0.25) is 14.4 Å². The normalized spacial score (nSPS) is 36.8. The molecule has 6 heteroatoms. The highest BCUT2D eigenvalue weighted by molar-refractivity contribution is 5.78. The lowest BCUT2D eigenvalue weighted by atomic mass is 9.44. The molecule has 0 N–H and O–H groups in total. The fourth-order valence-electron chi connectivity index (χ4n) is 10.3. The van der Waals surface area contributed by atoms with Crippen LogP contribution in [0, 0.1) is 57.7 Å². The van der Waals surface area contributed by atoms with Crippen LogP contribution < -0.4 is 0 Å². The molecule has 0 heterocycles. The number of esters is 3. The summed E-state index contributed by atoms with van der Waals surface area (Å²) < 4.78 is 16.4. The van der Waals surface area contributed by atoms with Gasteiger partial charge in [-0.2, -0.15) is 0 Å². The zero-order valence-corrected chi connectivity index (χ0v) is 28.0. The molecule has 240 valence electrons. The van der Waals surface area contributed by atoms with E-state index in [2.05, 4.69) is 34.6 Å². The largest absolute Gasteiger partial charge is 0.465 e. The van der Waals surface area contributed by atoms with Crippen molar-refractivity contribution in [2.75, 3.05) is 13.2 Å². The quantitative estimate of drug-likeness (QED) is 0.179. The first-order chi connectivity index (χ1) is 19.7. The molecule has 0 spiro atoms. The first-order valence-electron chi connectivity index (χ1n) is 17.2. The molecular formula is C36H60O6. The molecule has 9 atom stereocenters. The van der Waals surface area contributed by atoms with Gasteiger partial charge in [0.2, 0.25) is 0 Å². The predicted octanol–water partition coefficient (Wildman–Crippen LogP) is 8.15. The molecule has 4 aliphatic carbocycles. The maximum Gasteiger partial charge on any atom is 0.319 e. The lowest BCUT2D eigenvalue weighted by molar-refractivity contribution is -0.181. The van der Waals surface area contributed by atoms with Crippen LogP contribution in [0.4, 0.5) is 0 Å². The van der Waals surface area contributed by atoms with E-state index in [4.69, 9.17) is 14.2 Å². The number of hydrogen-bond acceptors (Lipinski definition) is 6. The Morgan fingerprint density at radius 2 is 1.43 bits per heavy atom. The summed E-state index contributed by atoms with van der Waals surface area (Å²) in [6.07, 6.45) is 15.0. The summed E-state index contributed by atoms with van der Waals surface area (Å²) in [7, 11) is 0. The van der Waals surface area contributed by atoms with Gasteiger partial charge in [-0.15, -0.1) is 0 Å². The molecule has 0 radical (unpaired) electrons. The Labute approximate surface area is 255 Å². The van der Waals surface area contributed by atoms with E-state index in [0.717, 1.165) is 54.8 Å². The van der Waals surface area contributed by atoms with E-state index in [9.17, 15) is 14.4 Å². The molecule has 0 amide bonds. The molecule has 0 aliphatic heterocycles. The summed E-state index contributed by atoms with van der Waals surface area (Å²) in [5.74, 6) is 4.18. The second-order valence-corrected chi connectivity index (χ2v) is 16.1. The van der Waals surface area contributed by atoms with E-state index in [1.807, 2.05) is 0 Å². The van der Waals surface area contributed by atoms with Crippen molar-refractivity contribution < 1.29 is 28.6 Å². The maximum absolute atomic E-state index is 13.4. The number of rotatable bonds is 11. The van der Waals surface area contributed by atoms with Crippen molar-refractivity contribution in [3.63, 3.8) is 0 Å². The summed E-state index contributed by atoms with van der Waals surface area (Å²) in [5, 5.41) is 0. The van der Waals surface area contributed by atoms with Gasteiger partial charge in [0.1, 0.15) is 24.7 Å². The van der Waals surface area contributed by atoms with Crippen molar-refractivity contribution in [3.8, 4) is 0 Å². The average molecular weight is 589 g/mol. The van der Waals surface area contributed by atoms with Gasteiger partial charge >= 0.3 is 17.9 Å². The lowest BCUT2D eigenvalue weighted by Gasteiger charge is -2.61. The fourth-order valence-corrected chi connectivity index (χ4v) is 10.3. The first kappa shape index (κ1) is 33.3. The minimum absolute atomic E-state index is 0.141. The van der Waals surface area contributed by atoms with E-state index in [1.165, 1.54) is 71.6 Å². The molecule has 0 aromatic heterocycles. The zero-order chi connectivity index (χ0) is 30.9. The topological polar surface area (TPSA) is 78.9 Å². The van der Waals surface area contributed by atoms with Crippen LogP contribution >= 0.6 is 0 Å². The van der Waals surface area contributed by atoms with Crippen molar-refractivity contribution in [2.45, 2.75) is 139 Å². The maximum atomic E-state index is 13.4. The van der Waals surface area contributed by atoms with Gasteiger partial charge in [0.15, 0.2) is 0 Å². The van der Waals surface area contributed by atoms with Gasteiger partial charge in [-0.05, 0) is 117 Å². The van der Waals surface area contributed by atoms with E-state index >= 15 is 0 Å². The SMILES string of the molecule is CC(=O)OCC(C)(COC(C)=O)C(=O)O[C@@H]1CC[C@]2(C)C3CC[C@@]4(C)C(CC[C@@H]4[C@H](C)CCCC(C)C)C3CC[C@@H]2C1. The Kier molecular flexibility index (Phi) is 10.5. The van der Waals surface area contributed by atoms with E-state index in [0.29, 0.717) is 16.7 Å². The predicted molar refractivity (Wildman–Crippen MR) is 164 cm³/mol. The highest BCUT2D eigenvalue weighted by Crippen LogP contribution is 2.68. The minimum atomic E-state index is -1.21. The Morgan fingerprint density at radius 1 is 0.810 bits per heavy atom. The van der Waals surface area contributed by atoms with Crippen molar-refractivity contribution in [2.24, 2.45) is 57.7 Å². The number of ether oxygens (including phenoxy) is 3. The minimum Gasteiger partial charge on any atom is -0.465 e. The lowest BCUT2D eigenvalue weighted by Crippen LogP contribution is -2.54. The number of carbonyl (C=O) groups is 3. The van der Waals surface area contributed by atoms with Crippen LogP contribution in [0.25, 0.3) is 0 Å². The summed E-state index contributed by atoms with van der Waals surface area (Å²) in [4.78, 5) is 36.3. The molecule has 4 fully saturated rings. The summed E-state index contributed by atoms with van der Waals surface area (Å²) >= 11 is 0. The van der Waals surface area contributed by atoms with E-state index < -0.39 is 23.3 Å². The average Bonchev–Trinajstić information content (AvgIpc) is 3.28. The van der Waals surface area contributed by atoms with Crippen molar-refractivity contribution in [1.82, 2.24) is 0 Å². The third kappa shape index (κ3) is 6.88. The monoisotopic (exact) mass is 588 g/mol. The third-order valence-corrected chi connectivity index (χ3v) is 12.8. The molecule has 0 bridgehead atoms. The highest BCUT2D eigenvalue weighted by Gasteiger charge is 2.60. The van der Waals surface area contributed by atoms with Crippen LogP contribution in [0.3, 0.4) is 0 Å². The van der Waals surface area contributed by atoms with Crippen LogP contribution in [0.1, 0.15) is 132 Å². The second-order valence-electron chi connectivity index (χ2n) is 16.1.